The van der Waals surface area contributed by atoms with Crippen LogP contribution in [0.5, 0.6) is 0 Å². The maximum atomic E-state index is 12.2. The van der Waals surface area contributed by atoms with Gasteiger partial charge in [0.1, 0.15) is 0 Å². The van der Waals surface area contributed by atoms with Gasteiger partial charge in [0.05, 0.1) is 0 Å². The number of hydrogen-bond acceptors (Lipinski definition) is 2. The molecular formula is C15H22N2O. The lowest BCUT2D eigenvalue weighted by molar-refractivity contribution is 0.0687. The lowest BCUT2D eigenvalue weighted by Gasteiger charge is -2.32. The fraction of sp³-hybridized carbons (Fsp3) is 0.533. The second-order valence-electron chi connectivity index (χ2n) is 4.99. The molecule has 2 rings (SSSR count). The van der Waals surface area contributed by atoms with Crippen LogP contribution in [-0.2, 0) is 0 Å². The second kappa shape index (κ2) is 6.55. The van der Waals surface area contributed by atoms with Crippen LogP contribution in [0.15, 0.2) is 30.3 Å². The number of benzene rings is 1. The molecular weight excluding hydrogens is 224 g/mol. The molecule has 0 saturated carbocycles. The van der Waals surface area contributed by atoms with Crippen LogP contribution in [-0.4, -0.2) is 37.5 Å². The molecule has 0 aromatic heterocycles. The number of rotatable bonds is 4. The zero-order chi connectivity index (χ0) is 12.8. The topological polar surface area (TPSA) is 32.3 Å². The van der Waals surface area contributed by atoms with E-state index in [-0.39, 0.29) is 5.91 Å². The molecule has 1 aliphatic rings. The third-order valence-corrected chi connectivity index (χ3v) is 3.73. The van der Waals surface area contributed by atoms with Crippen LogP contribution in [0.3, 0.4) is 0 Å². The van der Waals surface area contributed by atoms with Crippen molar-refractivity contribution in [2.75, 3.05) is 26.7 Å². The summed E-state index contributed by atoms with van der Waals surface area (Å²) in [6, 6.07) is 9.59. The Morgan fingerprint density at radius 2 is 1.94 bits per heavy atom. The molecule has 1 aliphatic heterocycles. The van der Waals surface area contributed by atoms with Gasteiger partial charge < -0.3 is 10.2 Å². The number of piperidine rings is 1. The summed E-state index contributed by atoms with van der Waals surface area (Å²) in [7, 11) is 1.99. The Kier molecular flexibility index (Phi) is 4.76. The second-order valence-corrected chi connectivity index (χ2v) is 4.99. The first-order valence-electron chi connectivity index (χ1n) is 6.80. The molecule has 0 aliphatic carbocycles. The van der Waals surface area contributed by atoms with Gasteiger partial charge in [-0.15, -0.1) is 0 Å². The van der Waals surface area contributed by atoms with Crippen molar-refractivity contribution in [2.45, 2.75) is 19.3 Å². The largest absolute Gasteiger partial charge is 0.339 e. The molecule has 0 atom stereocenters. The van der Waals surface area contributed by atoms with Gasteiger partial charge in [0, 0.05) is 18.7 Å². The summed E-state index contributed by atoms with van der Waals surface area (Å²) in [6.07, 6.45) is 3.50. The maximum absolute atomic E-state index is 12.2. The van der Waals surface area contributed by atoms with Crippen molar-refractivity contribution in [1.29, 1.82) is 0 Å². The Morgan fingerprint density at radius 1 is 1.28 bits per heavy atom. The van der Waals surface area contributed by atoms with Gasteiger partial charge >= 0.3 is 0 Å². The molecule has 1 aromatic rings. The van der Waals surface area contributed by atoms with E-state index in [0.29, 0.717) is 0 Å². The summed E-state index contributed by atoms with van der Waals surface area (Å²) < 4.78 is 0. The Hall–Kier alpha value is -1.35. The van der Waals surface area contributed by atoms with E-state index in [1.54, 1.807) is 0 Å². The van der Waals surface area contributed by atoms with Crippen LogP contribution < -0.4 is 5.32 Å². The lowest BCUT2D eigenvalue weighted by Crippen LogP contribution is -2.38. The van der Waals surface area contributed by atoms with Crippen LogP contribution in [0.4, 0.5) is 0 Å². The highest BCUT2D eigenvalue weighted by molar-refractivity contribution is 5.94. The van der Waals surface area contributed by atoms with Crippen molar-refractivity contribution in [2.24, 2.45) is 5.92 Å². The predicted molar refractivity (Wildman–Crippen MR) is 73.6 cm³/mol. The molecule has 1 saturated heterocycles. The molecule has 3 heteroatoms. The average molecular weight is 246 g/mol. The summed E-state index contributed by atoms with van der Waals surface area (Å²) in [5.74, 6) is 0.958. The third kappa shape index (κ3) is 3.33. The molecule has 3 nitrogen and oxygen atoms in total. The molecule has 1 amide bonds. The number of nitrogens with zero attached hydrogens (tertiary/aromatic N) is 1. The van der Waals surface area contributed by atoms with E-state index in [1.165, 1.54) is 6.42 Å². The fourth-order valence-electron chi connectivity index (χ4n) is 2.54. The quantitative estimate of drug-likeness (QED) is 0.883. The Morgan fingerprint density at radius 3 is 2.56 bits per heavy atom. The van der Waals surface area contributed by atoms with Crippen molar-refractivity contribution in [3.05, 3.63) is 35.9 Å². The number of hydrogen-bond donors (Lipinski definition) is 1. The minimum absolute atomic E-state index is 0.183. The summed E-state index contributed by atoms with van der Waals surface area (Å²) in [6.45, 7) is 2.89. The van der Waals surface area contributed by atoms with Crippen molar-refractivity contribution in [1.82, 2.24) is 10.2 Å². The summed E-state index contributed by atoms with van der Waals surface area (Å²) in [4.78, 5) is 14.2. The van der Waals surface area contributed by atoms with Gasteiger partial charge in [-0.25, -0.2) is 0 Å². The molecule has 98 valence electrons. The van der Waals surface area contributed by atoms with E-state index in [4.69, 9.17) is 0 Å². The Labute approximate surface area is 109 Å². The first-order chi connectivity index (χ1) is 8.81. The zero-order valence-corrected chi connectivity index (χ0v) is 11.1. The van der Waals surface area contributed by atoms with Crippen LogP contribution in [0, 0.1) is 5.92 Å². The summed E-state index contributed by atoms with van der Waals surface area (Å²) in [5.41, 5.74) is 0.811. The van der Waals surface area contributed by atoms with Crippen molar-refractivity contribution in [3.63, 3.8) is 0 Å². The summed E-state index contributed by atoms with van der Waals surface area (Å²) >= 11 is 0. The van der Waals surface area contributed by atoms with Gasteiger partial charge in [-0.1, -0.05) is 18.2 Å². The number of likely N-dealkylation sites (tertiary alicyclic amines) is 1. The average Bonchev–Trinajstić information content (AvgIpc) is 2.46. The van der Waals surface area contributed by atoms with Crippen molar-refractivity contribution in [3.8, 4) is 0 Å². The van der Waals surface area contributed by atoms with E-state index >= 15 is 0 Å². The van der Waals surface area contributed by atoms with E-state index < -0.39 is 0 Å². The molecule has 1 heterocycles. The lowest BCUT2D eigenvalue weighted by atomic mass is 9.93. The van der Waals surface area contributed by atoms with Gasteiger partial charge in [0.15, 0.2) is 0 Å². The maximum Gasteiger partial charge on any atom is 0.253 e. The number of carbonyl (C=O) groups excluding carboxylic acids is 1. The van der Waals surface area contributed by atoms with E-state index in [0.717, 1.165) is 44.0 Å². The first-order valence-corrected chi connectivity index (χ1v) is 6.80. The minimum Gasteiger partial charge on any atom is -0.339 e. The molecule has 0 bridgehead atoms. The number of amides is 1. The zero-order valence-electron chi connectivity index (χ0n) is 11.1. The SMILES string of the molecule is CNCCC1CCN(C(=O)c2ccccc2)CC1. The van der Waals surface area contributed by atoms with Crippen LogP contribution in [0.25, 0.3) is 0 Å². The highest BCUT2D eigenvalue weighted by Crippen LogP contribution is 2.21. The molecule has 1 N–H and O–H groups in total. The van der Waals surface area contributed by atoms with E-state index in [9.17, 15) is 4.79 Å². The molecule has 1 aromatic carbocycles. The Bertz CT molecular complexity index is 369. The number of nitrogens with one attached hydrogen (secondary N) is 1. The highest BCUT2D eigenvalue weighted by atomic mass is 16.2. The summed E-state index contributed by atoms with van der Waals surface area (Å²) in [5, 5.41) is 3.19. The van der Waals surface area contributed by atoms with Gasteiger partial charge in [-0.3, -0.25) is 4.79 Å². The molecule has 18 heavy (non-hydrogen) atoms. The smallest absolute Gasteiger partial charge is 0.253 e. The first kappa shape index (κ1) is 13.1. The standard InChI is InChI=1S/C15H22N2O/c1-16-10-7-13-8-11-17(12-9-13)15(18)14-5-3-2-4-6-14/h2-6,13,16H,7-12H2,1H3. The highest BCUT2D eigenvalue weighted by Gasteiger charge is 2.22. The van der Waals surface area contributed by atoms with Gasteiger partial charge in [0.25, 0.3) is 5.91 Å². The third-order valence-electron chi connectivity index (χ3n) is 3.73. The van der Waals surface area contributed by atoms with E-state index in [1.807, 2.05) is 42.3 Å². The van der Waals surface area contributed by atoms with Crippen LogP contribution in [0.2, 0.25) is 0 Å². The molecule has 1 fully saturated rings. The fourth-order valence-corrected chi connectivity index (χ4v) is 2.54. The predicted octanol–water partition coefficient (Wildman–Crippen LogP) is 2.15. The van der Waals surface area contributed by atoms with Crippen molar-refractivity contribution >= 4 is 5.91 Å². The van der Waals surface area contributed by atoms with Crippen LogP contribution >= 0.6 is 0 Å². The molecule has 0 spiro atoms. The monoisotopic (exact) mass is 246 g/mol. The van der Waals surface area contributed by atoms with Crippen molar-refractivity contribution < 1.29 is 4.79 Å². The normalized spacial score (nSPS) is 16.8. The van der Waals surface area contributed by atoms with Crippen LogP contribution in [0.1, 0.15) is 29.6 Å². The van der Waals surface area contributed by atoms with Gasteiger partial charge in [-0.2, -0.15) is 0 Å². The van der Waals surface area contributed by atoms with E-state index in [2.05, 4.69) is 5.32 Å². The molecule has 0 radical (unpaired) electrons. The Balaban J connectivity index is 1.84. The van der Waals surface area contributed by atoms with Gasteiger partial charge in [-0.05, 0) is 50.9 Å². The molecule has 0 unspecified atom stereocenters. The number of carbonyl (C=O) groups is 1. The minimum atomic E-state index is 0.183. The van der Waals surface area contributed by atoms with Gasteiger partial charge in [0.2, 0.25) is 0 Å².